The third-order valence-corrected chi connectivity index (χ3v) is 6.09. The lowest BCUT2D eigenvalue weighted by atomic mass is 9.97. The maximum Gasteiger partial charge on any atom is 0.131 e. The van der Waals surface area contributed by atoms with Crippen molar-refractivity contribution in [1.82, 2.24) is 9.97 Å². The first-order valence-electron chi connectivity index (χ1n) is 10.5. The van der Waals surface area contributed by atoms with Gasteiger partial charge in [-0.3, -0.25) is 9.98 Å². The Morgan fingerprint density at radius 2 is 2.07 bits per heavy atom. The number of hydrogen-bond donors (Lipinski definition) is 1. The molecule has 1 N–H and O–H groups in total. The topological polar surface area (TPSA) is 74.1 Å². The Morgan fingerprint density at radius 3 is 2.86 bits per heavy atom. The van der Waals surface area contributed by atoms with Crippen molar-refractivity contribution in [2.24, 2.45) is 10.9 Å². The van der Waals surface area contributed by atoms with Crippen LogP contribution in [-0.2, 0) is 4.74 Å². The molecule has 2 fully saturated rings. The zero-order valence-corrected chi connectivity index (χ0v) is 16.6. The number of fused-ring (bicyclic) bond motifs is 1. The highest BCUT2D eigenvalue weighted by atomic mass is 16.5. The Hall–Kier alpha value is -2.51. The molecule has 2 aromatic heterocycles. The molecule has 0 bridgehead atoms. The van der Waals surface area contributed by atoms with E-state index in [0.29, 0.717) is 12.5 Å². The van der Waals surface area contributed by atoms with E-state index in [0.717, 1.165) is 80.2 Å². The van der Waals surface area contributed by atoms with Gasteiger partial charge in [0, 0.05) is 67.9 Å². The van der Waals surface area contributed by atoms with Crippen LogP contribution in [0, 0.1) is 5.92 Å². The molecule has 7 heteroatoms. The average Bonchev–Trinajstić information content (AvgIpc) is 3.33. The van der Waals surface area contributed by atoms with Gasteiger partial charge in [0.25, 0.3) is 0 Å². The summed E-state index contributed by atoms with van der Waals surface area (Å²) >= 11 is 0. The van der Waals surface area contributed by atoms with Crippen LogP contribution in [0.5, 0.6) is 0 Å². The number of anilines is 2. The Labute approximate surface area is 170 Å². The summed E-state index contributed by atoms with van der Waals surface area (Å²) in [7, 11) is 0. The summed E-state index contributed by atoms with van der Waals surface area (Å²) in [6.45, 7) is 5.92. The first kappa shape index (κ1) is 18.5. The van der Waals surface area contributed by atoms with Crippen molar-refractivity contribution < 1.29 is 9.84 Å². The molecule has 3 aliphatic rings. The summed E-state index contributed by atoms with van der Waals surface area (Å²) in [4.78, 5) is 18.8. The number of hydrogen-bond acceptors (Lipinski definition) is 7. The number of pyridine rings is 2. The second-order valence-electron chi connectivity index (χ2n) is 7.97. The fraction of sp³-hybridized carbons (Fsp3) is 0.500. The second kappa shape index (κ2) is 8.08. The van der Waals surface area contributed by atoms with Gasteiger partial charge in [-0.1, -0.05) is 0 Å². The predicted octanol–water partition coefficient (Wildman–Crippen LogP) is 2.14. The van der Waals surface area contributed by atoms with Gasteiger partial charge in [-0.25, -0.2) is 4.98 Å². The van der Waals surface area contributed by atoms with Crippen LogP contribution in [0.1, 0.15) is 18.5 Å². The predicted molar refractivity (Wildman–Crippen MR) is 116 cm³/mol. The van der Waals surface area contributed by atoms with Crippen molar-refractivity contribution in [3.8, 4) is 0 Å². The third-order valence-electron chi connectivity index (χ3n) is 6.09. The van der Waals surface area contributed by atoms with Gasteiger partial charge in [0.1, 0.15) is 11.3 Å². The van der Waals surface area contributed by atoms with Gasteiger partial charge in [0.2, 0.25) is 0 Å². The zero-order chi connectivity index (χ0) is 19.6. The highest BCUT2D eigenvalue weighted by Crippen LogP contribution is 2.35. The molecule has 0 aliphatic carbocycles. The maximum atomic E-state index is 9.72. The van der Waals surface area contributed by atoms with Crippen molar-refractivity contribution in [2.75, 3.05) is 62.3 Å². The van der Waals surface area contributed by atoms with Gasteiger partial charge in [0.05, 0.1) is 25.5 Å². The van der Waals surface area contributed by atoms with Gasteiger partial charge >= 0.3 is 0 Å². The first-order valence-corrected chi connectivity index (χ1v) is 10.5. The Kier molecular flexibility index (Phi) is 5.16. The van der Waals surface area contributed by atoms with Crippen LogP contribution >= 0.6 is 0 Å². The van der Waals surface area contributed by atoms with Crippen LogP contribution in [0.15, 0.2) is 29.4 Å². The van der Waals surface area contributed by atoms with Gasteiger partial charge in [0.15, 0.2) is 0 Å². The van der Waals surface area contributed by atoms with Crippen LogP contribution < -0.4 is 9.80 Å². The van der Waals surface area contributed by atoms with E-state index in [1.807, 2.05) is 18.5 Å². The van der Waals surface area contributed by atoms with Crippen molar-refractivity contribution in [3.63, 3.8) is 0 Å². The summed E-state index contributed by atoms with van der Waals surface area (Å²) < 4.78 is 5.54. The van der Waals surface area contributed by atoms with E-state index in [1.54, 1.807) is 0 Å². The summed E-state index contributed by atoms with van der Waals surface area (Å²) in [5.74, 6) is 1.31. The SMILES string of the molecule is OC[C@H]1CCCN(c2cc(N3CCOCC3)nc3c(C4=CC=NC4)nccc23)C1. The van der Waals surface area contributed by atoms with Crippen LogP contribution in [0.3, 0.4) is 0 Å². The quantitative estimate of drug-likeness (QED) is 0.858. The number of allylic oxidation sites excluding steroid dienone is 1. The standard InChI is InChI=1S/C22H27N5O2/c28-15-16-2-1-7-27(14-16)19-12-20(26-8-10-29-11-9-26)25-22-18(19)4-6-24-21(22)17-3-5-23-13-17/h3-6,12,16,28H,1-2,7-11,13-15H2/t16-/m0/s1. The number of ether oxygens (including phenoxy) is 1. The smallest absolute Gasteiger partial charge is 0.131 e. The van der Waals surface area contributed by atoms with Crippen molar-refractivity contribution >= 4 is 34.2 Å². The van der Waals surface area contributed by atoms with Crippen LogP contribution in [-0.4, -0.2) is 73.8 Å². The Morgan fingerprint density at radius 1 is 1.17 bits per heavy atom. The summed E-state index contributed by atoms with van der Waals surface area (Å²) in [5, 5.41) is 10.8. The van der Waals surface area contributed by atoms with E-state index in [4.69, 9.17) is 9.72 Å². The van der Waals surface area contributed by atoms with Crippen LogP contribution in [0.25, 0.3) is 16.5 Å². The number of rotatable bonds is 4. The highest BCUT2D eigenvalue weighted by molar-refractivity contribution is 6.01. The highest BCUT2D eigenvalue weighted by Gasteiger charge is 2.24. The summed E-state index contributed by atoms with van der Waals surface area (Å²) in [6, 6.07) is 4.29. The van der Waals surface area contributed by atoms with E-state index in [-0.39, 0.29) is 6.61 Å². The van der Waals surface area contributed by atoms with E-state index in [1.165, 1.54) is 5.69 Å². The van der Waals surface area contributed by atoms with Crippen molar-refractivity contribution in [2.45, 2.75) is 12.8 Å². The molecule has 2 aromatic rings. The van der Waals surface area contributed by atoms with E-state index < -0.39 is 0 Å². The molecule has 1 atom stereocenters. The largest absolute Gasteiger partial charge is 0.396 e. The van der Waals surface area contributed by atoms with E-state index in [9.17, 15) is 5.11 Å². The average molecular weight is 393 g/mol. The maximum absolute atomic E-state index is 9.72. The molecular formula is C22H27N5O2. The Balaban J connectivity index is 1.64. The molecule has 5 heterocycles. The summed E-state index contributed by atoms with van der Waals surface area (Å²) in [6.07, 6.45) is 7.94. The first-order chi connectivity index (χ1) is 14.3. The molecule has 0 saturated carbocycles. The minimum Gasteiger partial charge on any atom is -0.396 e. The minimum atomic E-state index is 0.243. The molecule has 3 aliphatic heterocycles. The van der Waals surface area contributed by atoms with Gasteiger partial charge < -0.3 is 19.6 Å². The molecule has 7 nitrogen and oxygen atoms in total. The second-order valence-corrected chi connectivity index (χ2v) is 7.97. The number of piperidine rings is 1. The zero-order valence-electron chi connectivity index (χ0n) is 16.6. The molecule has 2 saturated heterocycles. The van der Waals surface area contributed by atoms with E-state index in [2.05, 4.69) is 31.9 Å². The van der Waals surface area contributed by atoms with Gasteiger partial charge in [-0.2, -0.15) is 0 Å². The van der Waals surface area contributed by atoms with Crippen LogP contribution in [0.4, 0.5) is 11.5 Å². The van der Waals surface area contributed by atoms with Gasteiger partial charge in [-0.05, 0) is 30.9 Å². The molecule has 29 heavy (non-hydrogen) atoms. The molecule has 0 aromatic carbocycles. The number of nitrogens with zero attached hydrogens (tertiary/aromatic N) is 5. The fourth-order valence-electron chi connectivity index (χ4n) is 4.50. The number of aliphatic hydroxyl groups excluding tert-OH is 1. The number of aromatic nitrogens is 2. The third kappa shape index (κ3) is 3.60. The number of aliphatic imine (C=N–C) groups is 1. The lowest BCUT2D eigenvalue weighted by Crippen LogP contribution is -2.38. The molecule has 152 valence electrons. The minimum absolute atomic E-state index is 0.243. The lowest BCUT2D eigenvalue weighted by molar-refractivity contribution is 0.122. The number of aliphatic hydroxyl groups is 1. The fourth-order valence-corrected chi connectivity index (χ4v) is 4.50. The van der Waals surface area contributed by atoms with Crippen molar-refractivity contribution in [3.05, 3.63) is 30.1 Å². The molecule has 0 unspecified atom stereocenters. The normalized spacial score (nSPS) is 22.4. The number of morpholine rings is 1. The molecule has 0 spiro atoms. The van der Waals surface area contributed by atoms with Crippen LogP contribution in [0.2, 0.25) is 0 Å². The lowest BCUT2D eigenvalue weighted by Gasteiger charge is -2.35. The van der Waals surface area contributed by atoms with E-state index >= 15 is 0 Å². The van der Waals surface area contributed by atoms with Gasteiger partial charge in [-0.15, -0.1) is 0 Å². The molecule has 0 radical (unpaired) electrons. The Bertz CT molecular complexity index is 952. The summed E-state index contributed by atoms with van der Waals surface area (Å²) in [5.41, 5.74) is 4.17. The molecule has 0 amide bonds. The molecular weight excluding hydrogens is 366 g/mol. The van der Waals surface area contributed by atoms with Crippen molar-refractivity contribution in [1.29, 1.82) is 0 Å². The molecule has 5 rings (SSSR count). The monoisotopic (exact) mass is 393 g/mol.